The SMILES string of the molecule is Cc1ccc(C)c(N(CC(=O)NC(C)(C)CC(C)(C)C)S(=O)(=O)N(C)C)c1. The predicted molar refractivity (Wildman–Crippen MR) is 112 cm³/mol. The first kappa shape index (κ1) is 23.4. The van der Waals surface area contributed by atoms with Gasteiger partial charge in [-0.3, -0.25) is 4.79 Å². The molecule has 1 aromatic rings. The van der Waals surface area contributed by atoms with Gasteiger partial charge in [0.1, 0.15) is 6.54 Å². The first-order valence-corrected chi connectivity index (χ1v) is 10.5. The summed E-state index contributed by atoms with van der Waals surface area (Å²) in [5, 5.41) is 2.99. The van der Waals surface area contributed by atoms with Crippen LogP contribution in [0.15, 0.2) is 18.2 Å². The first-order chi connectivity index (χ1) is 12.0. The second-order valence-electron chi connectivity index (χ2n) is 9.26. The van der Waals surface area contributed by atoms with Crippen LogP contribution in [0.2, 0.25) is 0 Å². The highest BCUT2D eigenvalue weighted by molar-refractivity contribution is 7.90. The Morgan fingerprint density at radius 1 is 1.07 bits per heavy atom. The molecule has 0 atom stereocenters. The number of anilines is 1. The van der Waals surface area contributed by atoms with E-state index in [1.54, 1.807) is 6.07 Å². The molecule has 0 aliphatic rings. The molecule has 27 heavy (non-hydrogen) atoms. The van der Waals surface area contributed by atoms with Gasteiger partial charge in [0.15, 0.2) is 0 Å². The third kappa shape index (κ3) is 6.81. The average molecular weight is 398 g/mol. The molecule has 0 heterocycles. The van der Waals surface area contributed by atoms with Gasteiger partial charge in [-0.2, -0.15) is 12.7 Å². The quantitative estimate of drug-likeness (QED) is 0.768. The van der Waals surface area contributed by atoms with E-state index in [0.29, 0.717) is 5.69 Å². The summed E-state index contributed by atoms with van der Waals surface area (Å²) in [7, 11) is -0.877. The fraction of sp³-hybridized carbons (Fsp3) is 0.650. The number of nitrogens with zero attached hydrogens (tertiary/aromatic N) is 2. The topological polar surface area (TPSA) is 69.7 Å². The van der Waals surface area contributed by atoms with Crippen molar-refractivity contribution in [2.75, 3.05) is 24.9 Å². The van der Waals surface area contributed by atoms with Gasteiger partial charge in [-0.1, -0.05) is 32.9 Å². The summed E-state index contributed by atoms with van der Waals surface area (Å²) in [6.07, 6.45) is 0.773. The summed E-state index contributed by atoms with van der Waals surface area (Å²) < 4.78 is 28.1. The zero-order chi connectivity index (χ0) is 21.2. The standard InChI is InChI=1S/C20H35N3O3S/c1-15-10-11-16(2)17(12-15)23(27(25,26)22(8)9)13-18(24)21-20(6,7)14-19(3,4)5/h10-12H,13-14H2,1-9H3,(H,21,24). The van der Waals surface area contributed by atoms with Crippen LogP contribution in [0, 0.1) is 19.3 Å². The number of nitrogens with one attached hydrogen (secondary N) is 1. The Morgan fingerprint density at radius 3 is 2.11 bits per heavy atom. The zero-order valence-corrected chi connectivity index (χ0v) is 19.0. The van der Waals surface area contributed by atoms with Crippen LogP contribution >= 0.6 is 0 Å². The van der Waals surface area contributed by atoms with Crippen molar-refractivity contribution in [1.29, 1.82) is 0 Å². The second kappa shape index (κ2) is 8.19. The van der Waals surface area contributed by atoms with Gasteiger partial charge in [-0.15, -0.1) is 0 Å². The van der Waals surface area contributed by atoms with Gasteiger partial charge in [0, 0.05) is 19.6 Å². The molecule has 6 nitrogen and oxygen atoms in total. The number of carbonyl (C=O) groups excluding carboxylic acids is 1. The van der Waals surface area contributed by atoms with Gasteiger partial charge >= 0.3 is 10.2 Å². The maximum absolute atomic E-state index is 12.9. The number of carbonyl (C=O) groups is 1. The van der Waals surface area contributed by atoms with Crippen LogP contribution in [-0.2, 0) is 15.0 Å². The van der Waals surface area contributed by atoms with Crippen LogP contribution in [-0.4, -0.2) is 44.8 Å². The lowest BCUT2D eigenvalue weighted by atomic mass is 9.82. The van der Waals surface area contributed by atoms with E-state index < -0.39 is 15.7 Å². The maximum Gasteiger partial charge on any atom is 0.304 e. The van der Waals surface area contributed by atoms with Gasteiger partial charge in [-0.25, -0.2) is 4.31 Å². The molecule has 1 N–H and O–H groups in total. The number of hydrogen-bond acceptors (Lipinski definition) is 3. The third-order valence-electron chi connectivity index (χ3n) is 4.11. The Kier molecular flexibility index (Phi) is 7.11. The first-order valence-electron chi connectivity index (χ1n) is 9.14. The molecule has 0 spiro atoms. The van der Waals surface area contributed by atoms with Crippen LogP contribution in [0.25, 0.3) is 0 Å². The van der Waals surface area contributed by atoms with Crippen molar-refractivity contribution in [3.05, 3.63) is 29.3 Å². The number of amides is 1. The highest BCUT2D eigenvalue weighted by Crippen LogP contribution is 2.28. The van der Waals surface area contributed by atoms with Crippen molar-refractivity contribution in [3.63, 3.8) is 0 Å². The Balaban J connectivity index is 3.20. The molecule has 0 aliphatic heterocycles. The molecule has 0 saturated carbocycles. The minimum Gasteiger partial charge on any atom is -0.350 e. The molecular weight excluding hydrogens is 362 g/mol. The molecule has 0 saturated heterocycles. The van der Waals surface area contributed by atoms with Crippen molar-refractivity contribution in [3.8, 4) is 0 Å². The van der Waals surface area contributed by atoms with Crippen molar-refractivity contribution in [2.45, 2.75) is 60.4 Å². The molecule has 1 rings (SSSR count). The van der Waals surface area contributed by atoms with E-state index in [2.05, 4.69) is 26.1 Å². The van der Waals surface area contributed by atoms with Crippen molar-refractivity contribution >= 4 is 21.8 Å². The van der Waals surface area contributed by atoms with E-state index in [4.69, 9.17) is 0 Å². The molecule has 7 heteroatoms. The lowest BCUT2D eigenvalue weighted by Crippen LogP contribution is -2.52. The van der Waals surface area contributed by atoms with Crippen molar-refractivity contribution in [1.82, 2.24) is 9.62 Å². The largest absolute Gasteiger partial charge is 0.350 e. The molecule has 154 valence electrons. The molecule has 0 radical (unpaired) electrons. The molecule has 0 bridgehead atoms. The van der Waals surface area contributed by atoms with Gasteiger partial charge in [0.05, 0.1) is 5.69 Å². The maximum atomic E-state index is 12.9. The summed E-state index contributed by atoms with van der Waals surface area (Å²) in [4.78, 5) is 12.8. The Bertz CT molecular complexity index is 778. The van der Waals surface area contributed by atoms with Crippen LogP contribution < -0.4 is 9.62 Å². The number of rotatable bonds is 7. The summed E-state index contributed by atoms with van der Waals surface area (Å²) in [6.45, 7) is 13.7. The average Bonchev–Trinajstić information content (AvgIpc) is 2.44. The van der Waals surface area contributed by atoms with E-state index in [1.165, 1.54) is 18.4 Å². The van der Waals surface area contributed by atoms with Gasteiger partial charge < -0.3 is 5.32 Å². The predicted octanol–water partition coefficient (Wildman–Crippen LogP) is 3.25. The Hall–Kier alpha value is -1.60. The highest BCUT2D eigenvalue weighted by atomic mass is 32.2. The minimum absolute atomic E-state index is 0.0410. The summed E-state index contributed by atoms with van der Waals surface area (Å²) in [5.74, 6) is -0.324. The van der Waals surface area contributed by atoms with E-state index in [0.717, 1.165) is 21.9 Å². The van der Waals surface area contributed by atoms with Gasteiger partial charge in [0.2, 0.25) is 5.91 Å². The van der Waals surface area contributed by atoms with E-state index in [1.807, 2.05) is 39.8 Å². The minimum atomic E-state index is -3.81. The fourth-order valence-electron chi connectivity index (χ4n) is 3.39. The van der Waals surface area contributed by atoms with Crippen LogP contribution in [0.5, 0.6) is 0 Å². The molecule has 0 fully saturated rings. The summed E-state index contributed by atoms with van der Waals surface area (Å²) >= 11 is 0. The molecule has 1 amide bonds. The monoisotopic (exact) mass is 397 g/mol. The summed E-state index contributed by atoms with van der Waals surface area (Å²) in [6, 6.07) is 5.58. The lowest BCUT2D eigenvalue weighted by Gasteiger charge is -2.35. The van der Waals surface area contributed by atoms with Crippen LogP contribution in [0.4, 0.5) is 5.69 Å². The van der Waals surface area contributed by atoms with Crippen LogP contribution in [0.1, 0.15) is 52.2 Å². The van der Waals surface area contributed by atoms with Crippen molar-refractivity contribution < 1.29 is 13.2 Å². The van der Waals surface area contributed by atoms with Crippen LogP contribution in [0.3, 0.4) is 0 Å². The van der Waals surface area contributed by atoms with E-state index >= 15 is 0 Å². The molecular formula is C20H35N3O3S. The number of aryl methyl sites for hydroxylation is 2. The van der Waals surface area contributed by atoms with E-state index in [-0.39, 0.29) is 17.9 Å². The fourth-order valence-corrected chi connectivity index (χ4v) is 4.51. The normalized spacial score (nSPS) is 13.0. The molecule has 0 aromatic heterocycles. The Labute approximate surface area is 165 Å². The highest BCUT2D eigenvalue weighted by Gasteiger charge is 2.31. The van der Waals surface area contributed by atoms with Gasteiger partial charge in [-0.05, 0) is 56.7 Å². The van der Waals surface area contributed by atoms with Crippen molar-refractivity contribution in [2.24, 2.45) is 5.41 Å². The lowest BCUT2D eigenvalue weighted by molar-refractivity contribution is -0.121. The zero-order valence-electron chi connectivity index (χ0n) is 18.2. The van der Waals surface area contributed by atoms with Gasteiger partial charge in [0.25, 0.3) is 0 Å². The van der Waals surface area contributed by atoms with E-state index in [9.17, 15) is 13.2 Å². The molecule has 0 aliphatic carbocycles. The Morgan fingerprint density at radius 2 is 1.63 bits per heavy atom. The third-order valence-corrected chi connectivity index (χ3v) is 5.92. The molecule has 1 aromatic carbocycles. The smallest absolute Gasteiger partial charge is 0.304 e. The summed E-state index contributed by atoms with van der Waals surface area (Å²) in [5.41, 5.74) is 1.85. The number of hydrogen-bond donors (Lipinski definition) is 1. The second-order valence-corrected chi connectivity index (χ2v) is 11.3. The molecule has 0 unspecified atom stereocenters. The number of benzene rings is 1.